The van der Waals surface area contributed by atoms with Crippen molar-refractivity contribution in [3.63, 3.8) is 0 Å². The van der Waals surface area contributed by atoms with Gasteiger partial charge in [0.1, 0.15) is 0 Å². The molecule has 0 aliphatic rings. The fraction of sp³-hybridized carbons (Fsp3) is 1.00. The molecule has 98 valence electrons. The summed E-state index contributed by atoms with van der Waals surface area (Å²) in [6.45, 7) is 7.77. The minimum Gasteiger partial charge on any atom is -0.418 e. The van der Waals surface area contributed by atoms with Crippen molar-refractivity contribution in [3.05, 3.63) is 0 Å². The Labute approximate surface area is 112 Å². The van der Waals surface area contributed by atoms with E-state index in [1.807, 2.05) is 0 Å². The van der Waals surface area contributed by atoms with Crippen molar-refractivity contribution in [1.82, 2.24) is 0 Å². The second-order valence-corrected chi connectivity index (χ2v) is 10.8. The largest absolute Gasteiger partial charge is 0.418 e. The molecule has 0 aromatic carbocycles. The van der Waals surface area contributed by atoms with E-state index in [9.17, 15) is 0 Å². The molecule has 0 aliphatic carbocycles. The Kier molecular flexibility index (Phi) is 11.2. The average Bonchev–Trinajstić information content (AvgIpc) is 2.19. The topological polar surface area (TPSA) is 9.23 Å². The summed E-state index contributed by atoms with van der Waals surface area (Å²) in [5.41, 5.74) is 0. The van der Waals surface area contributed by atoms with E-state index in [1.54, 1.807) is 0 Å². The fourth-order valence-corrected chi connectivity index (χ4v) is 2.79. The molecule has 0 bridgehead atoms. The zero-order chi connectivity index (χ0) is 12.3. The molecule has 0 aliphatic heterocycles. The molecular weight excluding hydrogens is 280 g/mol. The quantitative estimate of drug-likeness (QED) is 0.284. The number of hydrogen-bond donors (Lipinski definition) is 0. The third-order valence-corrected chi connectivity index (χ3v) is 4.19. The first-order valence-corrected chi connectivity index (χ1v) is 11.3. The van der Waals surface area contributed by atoms with Gasteiger partial charge in [0.05, 0.1) is 0 Å². The van der Waals surface area contributed by atoms with E-state index in [2.05, 4.69) is 35.6 Å². The molecule has 0 amide bonds. The lowest BCUT2D eigenvalue weighted by atomic mass is 10.1. The van der Waals surface area contributed by atoms with Gasteiger partial charge in [-0.3, -0.25) is 0 Å². The van der Waals surface area contributed by atoms with E-state index in [0.717, 1.165) is 6.61 Å². The molecule has 0 radical (unpaired) electrons. The molecule has 0 fully saturated rings. The standard InChI is InChI=1S/C13H29BrOSi/c1-16(2,3)15-13-11-9-7-5-4-6-8-10-12-14/h4-13H2,1-3H3. The highest BCUT2D eigenvalue weighted by molar-refractivity contribution is 9.09. The number of rotatable bonds is 11. The normalized spacial score (nSPS) is 12.0. The van der Waals surface area contributed by atoms with E-state index in [0.29, 0.717) is 0 Å². The van der Waals surface area contributed by atoms with E-state index in [-0.39, 0.29) is 0 Å². The van der Waals surface area contributed by atoms with Gasteiger partial charge in [0.2, 0.25) is 0 Å². The molecule has 16 heavy (non-hydrogen) atoms. The first-order valence-electron chi connectivity index (χ1n) is 6.76. The summed E-state index contributed by atoms with van der Waals surface area (Å²) < 4.78 is 5.82. The van der Waals surface area contributed by atoms with Crippen LogP contribution < -0.4 is 0 Å². The molecule has 0 spiro atoms. The van der Waals surface area contributed by atoms with Crippen molar-refractivity contribution in [1.29, 1.82) is 0 Å². The van der Waals surface area contributed by atoms with E-state index < -0.39 is 8.32 Å². The van der Waals surface area contributed by atoms with Crippen molar-refractivity contribution in [3.8, 4) is 0 Å². The lowest BCUT2D eigenvalue weighted by Gasteiger charge is -2.16. The molecule has 0 heterocycles. The smallest absolute Gasteiger partial charge is 0.183 e. The zero-order valence-corrected chi connectivity index (χ0v) is 13.9. The van der Waals surface area contributed by atoms with Crippen molar-refractivity contribution in [2.75, 3.05) is 11.9 Å². The molecule has 0 atom stereocenters. The van der Waals surface area contributed by atoms with Crippen LogP contribution in [-0.4, -0.2) is 20.3 Å². The van der Waals surface area contributed by atoms with Gasteiger partial charge in [-0.2, -0.15) is 0 Å². The molecule has 0 aromatic heterocycles. The molecule has 0 saturated heterocycles. The lowest BCUT2D eigenvalue weighted by Crippen LogP contribution is -2.25. The Balaban J connectivity index is 2.99. The Bertz CT molecular complexity index is 145. The van der Waals surface area contributed by atoms with Crippen LogP contribution in [0.1, 0.15) is 51.4 Å². The van der Waals surface area contributed by atoms with Gasteiger partial charge in [-0.05, 0) is 32.5 Å². The van der Waals surface area contributed by atoms with Crippen LogP contribution in [0.3, 0.4) is 0 Å². The van der Waals surface area contributed by atoms with Crippen LogP contribution >= 0.6 is 15.9 Å². The Hall–Kier alpha value is 0.657. The molecule has 0 saturated carbocycles. The lowest BCUT2D eigenvalue weighted by molar-refractivity contribution is 0.298. The van der Waals surface area contributed by atoms with Gasteiger partial charge in [-0.25, -0.2) is 0 Å². The van der Waals surface area contributed by atoms with Gasteiger partial charge in [-0.1, -0.05) is 54.5 Å². The van der Waals surface area contributed by atoms with Crippen molar-refractivity contribution >= 4 is 24.2 Å². The molecule has 0 rings (SSSR count). The highest BCUT2D eigenvalue weighted by Gasteiger charge is 2.12. The second kappa shape index (κ2) is 10.8. The number of halogens is 1. The highest BCUT2D eigenvalue weighted by atomic mass is 79.9. The fourth-order valence-electron chi connectivity index (χ4n) is 1.64. The van der Waals surface area contributed by atoms with Crippen LogP contribution in [0.5, 0.6) is 0 Å². The van der Waals surface area contributed by atoms with Gasteiger partial charge in [-0.15, -0.1) is 0 Å². The number of alkyl halides is 1. The van der Waals surface area contributed by atoms with Crippen LogP contribution in [0.4, 0.5) is 0 Å². The van der Waals surface area contributed by atoms with Crippen LogP contribution in [0, 0.1) is 0 Å². The first-order chi connectivity index (χ1) is 7.56. The van der Waals surface area contributed by atoms with Crippen LogP contribution in [0.2, 0.25) is 19.6 Å². The van der Waals surface area contributed by atoms with Crippen LogP contribution in [-0.2, 0) is 4.43 Å². The predicted molar refractivity (Wildman–Crippen MR) is 80.0 cm³/mol. The van der Waals surface area contributed by atoms with Crippen molar-refractivity contribution in [2.24, 2.45) is 0 Å². The molecule has 0 unspecified atom stereocenters. The summed E-state index contributed by atoms with van der Waals surface area (Å²) in [6.07, 6.45) is 11.0. The van der Waals surface area contributed by atoms with Crippen LogP contribution in [0.25, 0.3) is 0 Å². The Morgan fingerprint density at radius 1 is 0.750 bits per heavy atom. The average molecular weight is 309 g/mol. The Morgan fingerprint density at radius 3 is 1.62 bits per heavy atom. The summed E-state index contributed by atoms with van der Waals surface area (Å²) in [5.74, 6) is 0. The van der Waals surface area contributed by atoms with E-state index >= 15 is 0 Å². The maximum Gasteiger partial charge on any atom is 0.183 e. The summed E-state index contributed by atoms with van der Waals surface area (Å²) in [6, 6.07) is 0. The predicted octanol–water partition coefficient (Wildman–Crippen LogP) is 5.35. The number of hydrogen-bond acceptors (Lipinski definition) is 1. The van der Waals surface area contributed by atoms with Gasteiger partial charge >= 0.3 is 0 Å². The minimum absolute atomic E-state index is 0.985. The van der Waals surface area contributed by atoms with Crippen molar-refractivity contribution < 1.29 is 4.43 Å². The van der Waals surface area contributed by atoms with Crippen LogP contribution in [0.15, 0.2) is 0 Å². The van der Waals surface area contributed by atoms with Gasteiger partial charge in [0, 0.05) is 11.9 Å². The zero-order valence-electron chi connectivity index (χ0n) is 11.4. The highest BCUT2D eigenvalue weighted by Crippen LogP contribution is 2.10. The van der Waals surface area contributed by atoms with E-state index in [1.165, 1.54) is 56.7 Å². The number of unbranched alkanes of at least 4 members (excludes halogenated alkanes) is 7. The summed E-state index contributed by atoms with van der Waals surface area (Å²) in [4.78, 5) is 0. The summed E-state index contributed by atoms with van der Waals surface area (Å²) in [5, 5.41) is 1.17. The SMILES string of the molecule is C[Si](C)(C)OCCCCCCCCCCBr. The van der Waals surface area contributed by atoms with E-state index in [4.69, 9.17) is 4.43 Å². The molecule has 1 nitrogen and oxygen atoms in total. The first kappa shape index (κ1) is 16.7. The van der Waals surface area contributed by atoms with Gasteiger partial charge in [0.15, 0.2) is 8.32 Å². The maximum absolute atomic E-state index is 5.82. The van der Waals surface area contributed by atoms with Crippen molar-refractivity contribution in [2.45, 2.75) is 71.0 Å². The second-order valence-electron chi connectivity index (χ2n) is 5.48. The maximum atomic E-state index is 5.82. The molecule has 3 heteroatoms. The summed E-state index contributed by atoms with van der Waals surface area (Å²) >= 11 is 3.47. The molecule has 0 aromatic rings. The molecular formula is C13H29BrOSi. The Morgan fingerprint density at radius 2 is 1.19 bits per heavy atom. The summed E-state index contributed by atoms with van der Waals surface area (Å²) in [7, 11) is -1.25. The molecule has 0 N–H and O–H groups in total. The third-order valence-electron chi connectivity index (χ3n) is 2.56. The van der Waals surface area contributed by atoms with Gasteiger partial charge < -0.3 is 4.43 Å². The minimum atomic E-state index is -1.25. The monoisotopic (exact) mass is 308 g/mol. The third kappa shape index (κ3) is 14.7. The van der Waals surface area contributed by atoms with Gasteiger partial charge in [0.25, 0.3) is 0 Å².